The molecule has 100 valence electrons. The molecule has 0 aromatic rings. The van der Waals surface area contributed by atoms with Crippen molar-refractivity contribution >= 4 is 17.7 Å². The minimum atomic E-state index is -0.762. The lowest BCUT2D eigenvalue weighted by atomic mass is 9.67. The summed E-state index contributed by atoms with van der Waals surface area (Å²) in [5.74, 6) is -0.573. The predicted octanol–water partition coefficient (Wildman–Crippen LogP) is 1.38. The smallest absolute Gasteiger partial charge is 0.307 e. The van der Waals surface area contributed by atoms with E-state index in [2.05, 4.69) is 0 Å². The zero-order valence-electron chi connectivity index (χ0n) is 10.6. The molecule has 0 bridgehead atoms. The van der Waals surface area contributed by atoms with E-state index in [-0.39, 0.29) is 36.7 Å². The summed E-state index contributed by atoms with van der Waals surface area (Å²) in [5.41, 5.74) is -0.762. The molecule has 5 nitrogen and oxygen atoms in total. The molecule has 0 aromatic carbocycles. The third-order valence-electron chi connectivity index (χ3n) is 3.86. The van der Waals surface area contributed by atoms with Crippen LogP contribution in [0.5, 0.6) is 0 Å². The van der Waals surface area contributed by atoms with E-state index >= 15 is 0 Å². The summed E-state index contributed by atoms with van der Waals surface area (Å²) in [7, 11) is 0. The third kappa shape index (κ3) is 2.26. The van der Waals surface area contributed by atoms with Crippen molar-refractivity contribution in [2.75, 3.05) is 6.61 Å². The number of esters is 2. The number of ketones is 1. The molecule has 1 saturated heterocycles. The van der Waals surface area contributed by atoms with Crippen molar-refractivity contribution < 1.29 is 23.9 Å². The van der Waals surface area contributed by atoms with Crippen LogP contribution >= 0.6 is 0 Å². The predicted molar refractivity (Wildman–Crippen MR) is 61.7 cm³/mol. The van der Waals surface area contributed by atoms with Gasteiger partial charge in [-0.05, 0) is 26.2 Å². The monoisotopic (exact) mass is 254 g/mol. The lowest BCUT2D eigenvalue weighted by molar-refractivity contribution is -0.146. The van der Waals surface area contributed by atoms with Crippen LogP contribution in [0.4, 0.5) is 0 Å². The van der Waals surface area contributed by atoms with E-state index in [1.807, 2.05) is 0 Å². The Bertz CT molecular complexity index is 376. The Morgan fingerprint density at radius 2 is 2.28 bits per heavy atom. The summed E-state index contributed by atoms with van der Waals surface area (Å²) >= 11 is 0. The highest BCUT2D eigenvalue weighted by Gasteiger charge is 2.55. The molecule has 2 rings (SSSR count). The summed E-state index contributed by atoms with van der Waals surface area (Å²) in [6, 6.07) is 0. The number of carbonyl (C=O) groups is 3. The SMILES string of the molecule is CCOC(=O)CC[C@@]12CC(=O)O[C@H]1CCCC2=O. The zero-order chi connectivity index (χ0) is 13.2. The number of hydrogen-bond acceptors (Lipinski definition) is 5. The summed E-state index contributed by atoms with van der Waals surface area (Å²) in [6.45, 7) is 2.07. The number of carbonyl (C=O) groups excluding carboxylic acids is 3. The van der Waals surface area contributed by atoms with Crippen LogP contribution in [-0.4, -0.2) is 30.4 Å². The quantitative estimate of drug-likeness (QED) is 0.709. The lowest BCUT2D eigenvalue weighted by Gasteiger charge is -2.34. The van der Waals surface area contributed by atoms with Crippen LogP contribution < -0.4 is 0 Å². The first kappa shape index (κ1) is 13.1. The zero-order valence-corrected chi connectivity index (χ0v) is 10.6. The third-order valence-corrected chi connectivity index (χ3v) is 3.86. The van der Waals surface area contributed by atoms with Gasteiger partial charge in [0.15, 0.2) is 0 Å². The number of ether oxygens (including phenoxy) is 2. The molecule has 0 aromatic heterocycles. The van der Waals surface area contributed by atoms with E-state index in [1.54, 1.807) is 6.92 Å². The lowest BCUT2D eigenvalue weighted by Crippen LogP contribution is -2.42. The highest BCUT2D eigenvalue weighted by molar-refractivity contribution is 5.93. The molecule has 2 aliphatic rings. The van der Waals surface area contributed by atoms with Crippen molar-refractivity contribution in [3.63, 3.8) is 0 Å². The normalized spacial score (nSPS) is 30.8. The molecular formula is C13H18O5. The van der Waals surface area contributed by atoms with Gasteiger partial charge >= 0.3 is 11.9 Å². The van der Waals surface area contributed by atoms with Crippen molar-refractivity contribution in [2.24, 2.45) is 5.41 Å². The molecule has 0 spiro atoms. The fourth-order valence-electron chi connectivity index (χ4n) is 2.94. The Labute approximate surface area is 106 Å². The molecule has 0 amide bonds. The van der Waals surface area contributed by atoms with E-state index in [9.17, 15) is 14.4 Å². The number of hydrogen-bond donors (Lipinski definition) is 0. The topological polar surface area (TPSA) is 69.7 Å². The van der Waals surface area contributed by atoms with Gasteiger partial charge in [-0.2, -0.15) is 0 Å². The summed E-state index contributed by atoms with van der Waals surface area (Å²) in [4.78, 5) is 35.0. The van der Waals surface area contributed by atoms with Crippen LogP contribution in [0.1, 0.15) is 45.4 Å². The Morgan fingerprint density at radius 1 is 1.50 bits per heavy atom. The first-order valence-corrected chi connectivity index (χ1v) is 6.47. The Hall–Kier alpha value is -1.39. The second kappa shape index (κ2) is 5.08. The van der Waals surface area contributed by atoms with E-state index in [1.165, 1.54) is 0 Å². The van der Waals surface area contributed by atoms with Gasteiger partial charge < -0.3 is 9.47 Å². The molecule has 0 radical (unpaired) electrons. The van der Waals surface area contributed by atoms with Gasteiger partial charge in [-0.1, -0.05) is 0 Å². The fraction of sp³-hybridized carbons (Fsp3) is 0.769. The van der Waals surface area contributed by atoms with Crippen molar-refractivity contribution in [1.82, 2.24) is 0 Å². The molecule has 1 saturated carbocycles. The van der Waals surface area contributed by atoms with Gasteiger partial charge in [0.05, 0.1) is 18.4 Å². The maximum absolute atomic E-state index is 12.1. The van der Waals surface area contributed by atoms with Gasteiger partial charge in [0.2, 0.25) is 0 Å². The largest absolute Gasteiger partial charge is 0.466 e. The summed E-state index contributed by atoms with van der Waals surface area (Å²) in [5, 5.41) is 0. The Kier molecular flexibility index (Phi) is 3.68. The van der Waals surface area contributed by atoms with Crippen molar-refractivity contribution in [2.45, 2.75) is 51.6 Å². The molecule has 5 heteroatoms. The van der Waals surface area contributed by atoms with Gasteiger partial charge in [0.25, 0.3) is 0 Å². The molecule has 1 aliphatic carbocycles. The highest BCUT2D eigenvalue weighted by atomic mass is 16.6. The highest BCUT2D eigenvalue weighted by Crippen LogP contribution is 2.47. The maximum atomic E-state index is 12.1. The number of Topliss-reactive ketones (excluding diaryl/α,β-unsaturated/α-hetero) is 1. The molecule has 0 unspecified atom stereocenters. The number of rotatable bonds is 4. The minimum absolute atomic E-state index is 0.0638. The van der Waals surface area contributed by atoms with Crippen LogP contribution in [0, 0.1) is 5.41 Å². The first-order valence-electron chi connectivity index (χ1n) is 6.47. The van der Waals surface area contributed by atoms with Crippen LogP contribution in [0.15, 0.2) is 0 Å². The van der Waals surface area contributed by atoms with Crippen LogP contribution in [-0.2, 0) is 23.9 Å². The Balaban J connectivity index is 2.07. The van der Waals surface area contributed by atoms with E-state index in [4.69, 9.17) is 9.47 Å². The average Bonchev–Trinajstić information content (AvgIpc) is 2.65. The molecular weight excluding hydrogens is 236 g/mol. The van der Waals surface area contributed by atoms with Crippen LogP contribution in [0.25, 0.3) is 0 Å². The van der Waals surface area contributed by atoms with Crippen LogP contribution in [0.2, 0.25) is 0 Å². The van der Waals surface area contributed by atoms with Crippen LogP contribution in [0.3, 0.4) is 0 Å². The molecule has 1 heterocycles. The fourth-order valence-corrected chi connectivity index (χ4v) is 2.94. The summed E-state index contributed by atoms with van der Waals surface area (Å²) < 4.78 is 10.1. The van der Waals surface area contributed by atoms with E-state index in [0.29, 0.717) is 19.4 Å². The minimum Gasteiger partial charge on any atom is -0.466 e. The second-order valence-corrected chi connectivity index (χ2v) is 4.93. The molecule has 2 atom stereocenters. The van der Waals surface area contributed by atoms with E-state index < -0.39 is 5.41 Å². The standard InChI is InChI=1S/C13H18O5/c1-2-17-11(15)6-7-13-8-12(16)18-10(13)5-3-4-9(13)14/h10H,2-8H2,1H3/t10-,13-/m0/s1. The van der Waals surface area contributed by atoms with Gasteiger partial charge in [0, 0.05) is 12.8 Å². The Morgan fingerprint density at radius 3 is 3.00 bits per heavy atom. The second-order valence-electron chi connectivity index (χ2n) is 4.93. The summed E-state index contributed by atoms with van der Waals surface area (Å²) in [6.07, 6.45) is 2.29. The van der Waals surface area contributed by atoms with Crippen molar-refractivity contribution in [1.29, 1.82) is 0 Å². The van der Waals surface area contributed by atoms with E-state index in [0.717, 1.165) is 12.8 Å². The first-order chi connectivity index (χ1) is 8.58. The van der Waals surface area contributed by atoms with Crippen molar-refractivity contribution in [3.8, 4) is 0 Å². The molecule has 1 aliphatic heterocycles. The van der Waals surface area contributed by atoms with Gasteiger partial charge in [-0.25, -0.2) is 0 Å². The average molecular weight is 254 g/mol. The molecule has 2 fully saturated rings. The van der Waals surface area contributed by atoms with Gasteiger partial charge in [-0.3, -0.25) is 14.4 Å². The molecule has 18 heavy (non-hydrogen) atoms. The van der Waals surface area contributed by atoms with Crippen molar-refractivity contribution in [3.05, 3.63) is 0 Å². The van der Waals surface area contributed by atoms with Gasteiger partial charge in [0.1, 0.15) is 11.9 Å². The maximum Gasteiger partial charge on any atom is 0.307 e. The van der Waals surface area contributed by atoms with Gasteiger partial charge in [-0.15, -0.1) is 0 Å². The number of fused-ring (bicyclic) bond motifs is 1. The molecule has 0 N–H and O–H groups in total.